The van der Waals surface area contributed by atoms with Crippen LogP contribution in [-0.2, 0) is 0 Å². The Balaban J connectivity index is 1.66. The molecule has 1 aliphatic heterocycles. The molecule has 0 saturated carbocycles. The molecule has 3 rings (SSSR count). The molecule has 1 aromatic heterocycles. The molecule has 0 atom stereocenters. The first-order valence-electron chi connectivity index (χ1n) is 6.90. The van der Waals surface area contributed by atoms with Crippen molar-refractivity contribution in [3.63, 3.8) is 0 Å². The number of pyridine rings is 1. The molecule has 0 spiro atoms. The molecule has 104 valence electrons. The lowest BCUT2D eigenvalue weighted by Gasteiger charge is -2.36. The van der Waals surface area contributed by atoms with Crippen molar-refractivity contribution in [1.82, 2.24) is 4.98 Å². The van der Waals surface area contributed by atoms with Crippen LogP contribution in [0.4, 0.5) is 11.5 Å². The van der Waals surface area contributed by atoms with E-state index >= 15 is 0 Å². The molecule has 0 aliphatic carbocycles. The zero-order chi connectivity index (χ0) is 13.9. The molecule has 1 saturated heterocycles. The first-order valence-corrected chi connectivity index (χ1v) is 7.70. The van der Waals surface area contributed by atoms with Gasteiger partial charge in [-0.3, -0.25) is 0 Å². The lowest BCUT2D eigenvalue weighted by Crippen LogP contribution is -2.46. The number of halogens is 1. The molecule has 2 heterocycles. The van der Waals surface area contributed by atoms with E-state index in [9.17, 15) is 0 Å². The highest BCUT2D eigenvalue weighted by atomic mass is 79.9. The fourth-order valence-corrected chi connectivity index (χ4v) is 2.81. The predicted molar refractivity (Wildman–Crippen MR) is 87.5 cm³/mol. The number of benzene rings is 1. The van der Waals surface area contributed by atoms with Gasteiger partial charge < -0.3 is 9.80 Å². The average Bonchev–Trinajstić information content (AvgIpc) is 2.48. The highest BCUT2D eigenvalue weighted by Gasteiger charge is 2.18. The Labute approximate surface area is 128 Å². The van der Waals surface area contributed by atoms with Crippen LogP contribution < -0.4 is 9.80 Å². The molecule has 0 unspecified atom stereocenters. The highest BCUT2D eigenvalue weighted by molar-refractivity contribution is 9.10. The lowest BCUT2D eigenvalue weighted by atomic mass is 10.2. The van der Waals surface area contributed by atoms with E-state index < -0.39 is 0 Å². The van der Waals surface area contributed by atoms with E-state index in [-0.39, 0.29) is 0 Å². The molecule has 1 aromatic carbocycles. The number of piperazine rings is 1. The Morgan fingerprint density at radius 3 is 2.40 bits per heavy atom. The van der Waals surface area contributed by atoms with Crippen molar-refractivity contribution in [3.05, 3.63) is 52.6 Å². The Morgan fingerprint density at radius 2 is 1.75 bits per heavy atom. The second-order valence-electron chi connectivity index (χ2n) is 5.15. The third-order valence-electron chi connectivity index (χ3n) is 3.68. The van der Waals surface area contributed by atoms with Crippen LogP contribution in [0, 0.1) is 6.92 Å². The van der Waals surface area contributed by atoms with Gasteiger partial charge in [-0.2, -0.15) is 0 Å². The molecule has 20 heavy (non-hydrogen) atoms. The number of aryl methyl sites for hydroxylation is 1. The zero-order valence-corrected chi connectivity index (χ0v) is 13.2. The summed E-state index contributed by atoms with van der Waals surface area (Å²) in [5.41, 5.74) is 2.65. The van der Waals surface area contributed by atoms with Crippen LogP contribution in [-0.4, -0.2) is 31.2 Å². The van der Waals surface area contributed by atoms with Gasteiger partial charge in [-0.25, -0.2) is 4.98 Å². The van der Waals surface area contributed by atoms with E-state index in [1.165, 1.54) is 11.3 Å². The molecular weight excluding hydrogens is 314 g/mol. The molecule has 4 heteroatoms. The van der Waals surface area contributed by atoms with Crippen molar-refractivity contribution >= 4 is 27.4 Å². The minimum Gasteiger partial charge on any atom is -0.368 e. The summed E-state index contributed by atoms with van der Waals surface area (Å²) < 4.78 is 1.03. The van der Waals surface area contributed by atoms with Gasteiger partial charge in [-0.05, 0) is 52.7 Å². The van der Waals surface area contributed by atoms with Crippen molar-refractivity contribution in [2.24, 2.45) is 0 Å². The summed E-state index contributed by atoms with van der Waals surface area (Å²) in [7, 11) is 0. The van der Waals surface area contributed by atoms with Gasteiger partial charge in [-0.1, -0.05) is 12.1 Å². The maximum absolute atomic E-state index is 4.47. The summed E-state index contributed by atoms with van der Waals surface area (Å²) >= 11 is 3.43. The van der Waals surface area contributed by atoms with Crippen molar-refractivity contribution in [2.45, 2.75) is 6.92 Å². The summed E-state index contributed by atoms with van der Waals surface area (Å²) in [6, 6.07) is 12.9. The monoisotopic (exact) mass is 331 g/mol. The van der Waals surface area contributed by atoms with Crippen LogP contribution in [0.2, 0.25) is 0 Å². The zero-order valence-electron chi connectivity index (χ0n) is 11.6. The third kappa shape index (κ3) is 2.96. The molecule has 0 radical (unpaired) electrons. The first-order chi connectivity index (χ1) is 9.72. The molecule has 0 amide bonds. The van der Waals surface area contributed by atoms with Crippen molar-refractivity contribution in [3.8, 4) is 0 Å². The summed E-state index contributed by atoms with van der Waals surface area (Å²) in [6.45, 7) is 6.26. The van der Waals surface area contributed by atoms with Crippen LogP contribution >= 0.6 is 15.9 Å². The van der Waals surface area contributed by atoms with Gasteiger partial charge >= 0.3 is 0 Å². The second kappa shape index (κ2) is 5.83. The Morgan fingerprint density at radius 1 is 1.00 bits per heavy atom. The van der Waals surface area contributed by atoms with Crippen LogP contribution in [0.5, 0.6) is 0 Å². The molecule has 3 nitrogen and oxygen atoms in total. The fraction of sp³-hybridized carbons (Fsp3) is 0.312. The smallest absolute Gasteiger partial charge is 0.128 e. The van der Waals surface area contributed by atoms with E-state index in [2.05, 4.69) is 74.0 Å². The minimum atomic E-state index is 1.02. The van der Waals surface area contributed by atoms with Crippen LogP contribution in [0.25, 0.3) is 0 Å². The first kappa shape index (κ1) is 13.4. The standard InChI is InChI=1S/C16H18BrN3/c1-13-3-2-4-15(11-13)19-7-9-20(10-8-19)16-6-5-14(17)12-18-16/h2-6,11-12H,7-10H2,1H3. The van der Waals surface area contributed by atoms with Gasteiger partial charge in [0.15, 0.2) is 0 Å². The summed E-state index contributed by atoms with van der Waals surface area (Å²) in [4.78, 5) is 9.27. The van der Waals surface area contributed by atoms with Gasteiger partial charge in [0.05, 0.1) is 0 Å². The van der Waals surface area contributed by atoms with E-state index in [0.717, 1.165) is 36.5 Å². The third-order valence-corrected chi connectivity index (χ3v) is 4.15. The van der Waals surface area contributed by atoms with E-state index in [1.54, 1.807) is 0 Å². The van der Waals surface area contributed by atoms with Crippen LogP contribution in [0.15, 0.2) is 47.1 Å². The number of anilines is 2. The largest absolute Gasteiger partial charge is 0.368 e. The van der Waals surface area contributed by atoms with Crippen molar-refractivity contribution < 1.29 is 0 Å². The number of aromatic nitrogens is 1. The average molecular weight is 332 g/mol. The minimum absolute atomic E-state index is 1.02. The summed E-state index contributed by atoms with van der Waals surface area (Å²) in [5, 5.41) is 0. The molecular formula is C16H18BrN3. The van der Waals surface area contributed by atoms with Crippen molar-refractivity contribution in [1.29, 1.82) is 0 Å². The quantitative estimate of drug-likeness (QED) is 0.839. The Bertz CT molecular complexity index is 575. The van der Waals surface area contributed by atoms with Gasteiger partial charge in [0.1, 0.15) is 5.82 Å². The normalized spacial score (nSPS) is 15.5. The molecule has 1 aliphatic rings. The number of rotatable bonds is 2. The number of nitrogens with zero attached hydrogens (tertiary/aromatic N) is 3. The Kier molecular flexibility index (Phi) is 3.92. The van der Waals surface area contributed by atoms with Crippen molar-refractivity contribution in [2.75, 3.05) is 36.0 Å². The summed E-state index contributed by atoms with van der Waals surface area (Å²) in [5.74, 6) is 1.07. The van der Waals surface area contributed by atoms with Gasteiger partial charge in [0.25, 0.3) is 0 Å². The Hall–Kier alpha value is -1.55. The van der Waals surface area contributed by atoms with E-state index in [1.807, 2.05) is 6.20 Å². The molecule has 0 bridgehead atoms. The summed E-state index contributed by atoms with van der Waals surface area (Å²) in [6.07, 6.45) is 1.86. The lowest BCUT2D eigenvalue weighted by molar-refractivity contribution is 0.647. The highest BCUT2D eigenvalue weighted by Crippen LogP contribution is 2.21. The van der Waals surface area contributed by atoms with Crippen LogP contribution in [0.1, 0.15) is 5.56 Å². The van der Waals surface area contributed by atoms with E-state index in [4.69, 9.17) is 0 Å². The maximum atomic E-state index is 4.47. The van der Waals surface area contributed by atoms with Crippen LogP contribution in [0.3, 0.4) is 0 Å². The fourth-order valence-electron chi connectivity index (χ4n) is 2.57. The maximum Gasteiger partial charge on any atom is 0.128 e. The number of hydrogen-bond donors (Lipinski definition) is 0. The molecule has 2 aromatic rings. The van der Waals surface area contributed by atoms with Gasteiger partial charge in [0, 0.05) is 42.5 Å². The SMILES string of the molecule is Cc1cccc(N2CCN(c3ccc(Br)cn3)CC2)c1. The predicted octanol–water partition coefficient (Wildman–Crippen LogP) is 3.48. The molecule has 0 N–H and O–H groups in total. The van der Waals surface area contributed by atoms with E-state index in [0.29, 0.717) is 0 Å². The number of hydrogen-bond acceptors (Lipinski definition) is 3. The topological polar surface area (TPSA) is 19.4 Å². The second-order valence-corrected chi connectivity index (χ2v) is 6.06. The molecule has 1 fully saturated rings. The van der Waals surface area contributed by atoms with Gasteiger partial charge in [0.2, 0.25) is 0 Å². The van der Waals surface area contributed by atoms with Gasteiger partial charge in [-0.15, -0.1) is 0 Å².